The molecule has 0 unspecified atom stereocenters. The van der Waals surface area contributed by atoms with Crippen molar-refractivity contribution in [2.45, 2.75) is 19.4 Å². The predicted octanol–water partition coefficient (Wildman–Crippen LogP) is 1.55. The highest BCUT2D eigenvalue weighted by Gasteiger charge is 2.30. The van der Waals surface area contributed by atoms with Crippen LogP contribution in [0.3, 0.4) is 0 Å². The monoisotopic (exact) mass is 450 g/mol. The van der Waals surface area contributed by atoms with Gasteiger partial charge in [-0.2, -0.15) is 5.10 Å². The number of aromatic amines is 1. The number of carbonyl (C=O) groups is 2. The summed E-state index contributed by atoms with van der Waals surface area (Å²) in [6.45, 7) is 5.98. The van der Waals surface area contributed by atoms with Crippen LogP contribution in [-0.2, 0) is 24.8 Å². The lowest BCUT2D eigenvalue weighted by molar-refractivity contribution is 0.0374. The first-order valence-corrected chi connectivity index (χ1v) is 11.6. The number of hydrogen-bond donors (Lipinski definition) is 2. The molecule has 0 radical (unpaired) electrons. The van der Waals surface area contributed by atoms with Crippen molar-refractivity contribution in [2.75, 3.05) is 45.9 Å². The molecular formula is C24H30N6O3. The fourth-order valence-electron chi connectivity index (χ4n) is 4.78. The van der Waals surface area contributed by atoms with Crippen LogP contribution in [0.2, 0.25) is 0 Å². The van der Waals surface area contributed by atoms with E-state index < -0.39 is 0 Å². The Morgan fingerprint density at radius 3 is 2.85 bits per heavy atom. The lowest BCUT2D eigenvalue weighted by atomic mass is 10.0. The molecule has 1 aromatic carbocycles. The van der Waals surface area contributed by atoms with Crippen molar-refractivity contribution in [1.82, 2.24) is 29.9 Å². The highest BCUT2D eigenvalue weighted by Crippen LogP contribution is 2.26. The van der Waals surface area contributed by atoms with Crippen molar-refractivity contribution < 1.29 is 14.3 Å². The number of fused-ring (bicyclic) bond motifs is 2. The molecular weight excluding hydrogens is 420 g/mol. The average Bonchev–Trinajstić information content (AvgIpc) is 3.43. The summed E-state index contributed by atoms with van der Waals surface area (Å²) in [5.74, 6) is -0.200. The van der Waals surface area contributed by atoms with Crippen molar-refractivity contribution in [1.29, 1.82) is 0 Å². The lowest BCUT2D eigenvalue weighted by Gasteiger charge is -2.27. The number of ether oxygens (including phenoxy) is 1. The molecule has 2 amide bonds. The number of aryl methyl sites for hydroxylation is 1. The summed E-state index contributed by atoms with van der Waals surface area (Å²) in [5, 5.41) is 8.43. The van der Waals surface area contributed by atoms with Gasteiger partial charge in [-0.25, -0.2) is 0 Å². The topological polar surface area (TPSA) is 95.5 Å². The van der Waals surface area contributed by atoms with Crippen LogP contribution in [0.15, 0.2) is 30.5 Å². The zero-order valence-electron chi connectivity index (χ0n) is 19.0. The second-order valence-corrected chi connectivity index (χ2v) is 8.69. The molecule has 0 aliphatic carbocycles. The van der Waals surface area contributed by atoms with Crippen molar-refractivity contribution >= 4 is 22.7 Å². The van der Waals surface area contributed by atoms with E-state index in [2.05, 4.69) is 20.3 Å². The second-order valence-electron chi connectivity index (χ2n) is 8.69. The zero-order valence-corrected chi connectivity index (χ0v) is 19.0. The predicted molar refractivity (Wildman–Crippen MR) is 124 cm³/mol. The number of hydrogen-bond acceptors (Lipinski definition) is 5. The van der Waals surface area contributed by atoms with E-state index in [1.54, 1.807) is 10.9 Å². The van der Waals surface area contributed by atoms with Crippen LogP contribution in [0.4, 0.5) is 0 Å². The smallest absolute Gasteiger partial charge is 0.272 e. The molecule has 0 spiro atoms. The van der Waals surface area contributed by atoms with Gasteiger partial charge in [0.15, 0.2) is 5.69 Å². The first-order chi connectivity index (χ1) is 16.1. The fourth-order valence-corrected chi connectivity index (χ4v) is 4.78. The Morgan fingerprint density at radius 2 is 2.00 bits per heavy atom. The minimum atomic E-state index is -0.171. The largest absolute Gasteiger partial charge is 0.379 e. The molecule has 5 rings (SSSR count). The van der Waals surface area contributed by atoms with E-state index in [0.29, 0.717) is 37.3 Å². The van der Waals surface area contributed by atoms with Crippen LogP contribution in [-0.4, -0.2) is 82.3 Å². The van der Waals surface area contributed by atoms with Gasteiger partial charge in [-0.05, 0) is 19.0 Å². The van der Waals surface area contributed by atoms with Crippen molar-refractivity contribution in [2.24, 2.45) is 7.05 Å². The van der Waals surface area contributed by atoms with E-state index in [4.69, 9.17) is 4.74 Å². The van der Waals surface area contributed by atoms with E-state index in [1.807, 2.05) is 36.2 Å². The van der Waals surface area contributed by atoms with Crippen molar-refractivity contribution in [3.8, 4) is 0 Å². The quantitative estimate of drug-likeness (QED) is 0.556. The summed E-state index contributed by atoms with van der Waals surface area (Å²) in [6, 6.07) is 7.79. The number of H-pyrrole nitrogens is 1. The number of rotatable bonds is 6. The zero-order chi connectivity index (χ0) is 22.8. The fraction of sp³-hybridized carbons (Fsp3) is 0.458. The molecule has 2 N–H and O–H groups in total. The third kappa shape index (κ3) is 4.38. The molecule has 0 bridgehead atoms. The number of benzene rings is 1. The first kappa shape index (κ1) is 21.7. The third-order valence-corrected chi connectivity index (χ3v) is 6.60. The molecule has 3 aromatic rings. The van der Waals surface area contributed by atoms with Crippen molar-refractivity contribution in [3.63, 3.8) is 0 Å². The van der Waals surface area contributed by atoms with Gasteiger partial charge in [-0.1, -0.05) is 18.2 Å². The normalized spacial score (nSPS) is 16.7. The number of amides is 2. The minimum Gasteiger partial charge on any atom is -0.379 e. The van der Waals surface area contributed by atoms with Crippen molar-refractivity contribution in [3.05, 3.63) is 53.0 Å². The van der Waals surface area contributed by atoms with Gasteiger partial charge in [0.1, 0.15) is 0 Å². The van der Waals surface area contributed by atoms with Gasteiger partial charge in [0.25, 0.3) is 11.8 Å². The van der Waals surface area contributed by atoms with Gasteiger partial charge >= 0.3 is 0 Å². The Hall–Kier alpha value is -3.17. The molecule has 9 heteroatoms. The van der Waals surface area contributed by atoms with Gasteiger partial charge in [0, 0.05) is 68.0 Å². The molecule has 2 aliphatic rings. The van der Waals surface area contributed by atoms with Gasteiger partial charge in [0.2, 0.25) is 0 Å². The number of nitrogens with one attached hydrogen (secondary N) is 2. The summed E-state index contributed by atoms with van der Waals surface area (Å²) < 4.78 is 7.16. The molecule has 174 valence electrons. The highest BCUT2D eigenvalue weighted by molar-refractivity contribution is 6.06. The first-order valence-electron chi connectivity index (χ1n) is 11.6. The molecule has 0 saturated carbocycles. The summed E-state index contributed by atoms with van der Waals surface area (Å²) in [4.78, 5) is 33.6. The van der Waals surface area contributed by atoms with Gasteiger partial charge in [0.05, 0.1) is 25.3 Å². The molecule has 4 heterocycles. The van der Waals surface area contributed by atoms with Gasteiger partial charge in [-0.15, -0.1) is 0 Å². The number of morpholine rings is 1. The maximum Gasteiger partial charge on any atom is 0.272 e. The van der Waals surface area contributed by atoms with E-state index >= 15 is 0 Å². The molecule has 1 fully saturated rings. The molecule has 2 aliphatic heterocycles. The molecule has 2 aromatic heterocycles. The van der Waals surface area contributed by atoms with E-state index in [9.17, 15) is 9.59 Å². The van der Waals surface area contributed by atoms with Crippen LogP contribution in [0.1, 0.15) is 38.5 Å². The van der Waals surface area contributed by atoms with Crippen LogP contribution < -0.4 is 5.32 Å². The van der Waals surface area contributed by atoms with Gasteiger partial charge in [-0.3, -0.25) is 19.2 Å². The Balaban J connectivity index is 1.25. The van der Waals surface area contributed by atoms with Crippen LogP contribution in [0, 0.1) is 0 Å². The molecule has 33 heavy (non-hydrogen) atoms. The van der Waals surface area contributed by atoms with E-state index in [-0.39, 0.29) is 11.8 Å². The Kier molecular flexibility index (Phi) is 6.15. The number of nitrogens with zero attached hydrogens (tertiary/aromatic N) is 4. The maximum absolute atomic E-state index is 13.3. The standard InChI is InChI=1S/C24H30N6O3/c1-28-21-7-10-30(24(32)18-15-26-20-6-3-2-5-17(18)20)16-19(21)22(27-28)23(31)25-8-4-9-29-11-13-33-14-12-29/h2-3,5-6,15,26H,4,7-14,16H2,1H3,(H,25,31). The van der Waals surface area contributed by atoms with Crippen LogP contribution in [0.25, 0.3) is 10.9 Å². The maximum atomic E-state index is 13.3. The Labute approximate surface area is 192 Å². The SMILES string of the molecule is Cn1nc(C(=O)NCCCN2CCOCC2)c2c1CCN(C(=O)c1c[nH]c3ccccc13)C2. The number of aromatic nitrogens is 3. The minimum absolute atomic E-state index is 0.0289. The average molecular weight is 451 g/mol. The van der Waals surface area contributed by atoms with Crippen LogP contribution in [0.5, 0.6) is 0 Å². The lowest BCUT2D eigenvalue weighted by Crippen LogP contribution is -2.38. The summed E-state index contributed by atoms with van der Waals surface area (Å²) >= 11 is 0. The third-order valence-electron chi connectivity index (χ3n) is 6.60. The van der Waals surface area contributed by atoms with Gasteiger partial charge < -0.3 is 19.9 Å². The Morgan fingerprint density at radius 1 is 1.18 bits per heavy atom. The van der Waals surface area contributed by atoms with Crippen LogP contribution >= 0.6 is 0 Å². The van der Waals surface area contributed by atoms with E-state index in [0.717, 1.165) is 61.4 Å². The summed E-state index contributed by atoms with van der Waals surface area (Å²) in [5.41, 5.74) is 3.90. The summed E-state index contributed by atoms with van der Waals surface area (Å²) in [6.07, 6.45) is 3.33. The molecule has 0 atom stereocenters. The molecule has 1 saturated heterocycles. The summed E-state index contributed by atoms with van der Waals surface area (Å²) in [7, 11) is 1.87. The Bertz CT molecular complexity index is 1160. The number of para-hydroxylation sites is 1. The van der Waals surface area contributed by atoms with E-state index in [1.165, 1.54) is 0 Å². The highest BCUT2D eigenvalue weighted by atomic mass is 16.5. The molecule has 9 nitrogen and oxygen atoms in total. The number of carbonyl (C=O) groups excluding carboxylic acids is 2. The second kappa shape index (κ2) is 9.36.